The maximum Gasteiger partial charge on any atom is 0.136 e. The van der Waals surface area contributed by atoms with Gasteiger partial charge in [-0.2, -0.15) is 10.5 Å². The maximum atomic E-state index is 10.2. The van der Waals surface area contributed by atoms with Crippen molar-refractivity contribution in [2.75, 3.05) is 0 Å². The van der Waals surface area contributed by atoms with Crippen molar-refractivity contribution in [2.45, 2.75) is 44.9 Å². The largest absolute Gasteiger partial charge is 0.456 e. The van der Waals surface area contributed by atoms with Crippen LogP contribution in [0, 0.1) is 22.7 Å². The molecule has 0 unspecified atom stereocenters. The highest BCUT2D eigenvalue weighted by molar-refractivity contribution is 6.35. The predicted octanol–water partition coefficient (Wildman–Crippen LogP) is 7.85. The summed E-state index contributed by atoms with van der Waals surface area (Å²) in [5.41, 5.74) is 11.9. The second-order valence-corrected chi connectivity index (χ2v) is 10.8. The predicted molar refractivity (Wildman–Crippen MR) is 146 cm³/mol. The molecule has 174 valence electrons. The molecule has 3 heterocycles. The first kappa shape index (κ1) is 19.6. The molecule has 7 aromatic rings. The van der Waals surface area contributed by atoms with Gasteiger partial charge in [-0.1, -0.05) is 18.2 Å². The fourth-order valence-electron chi connectivity index (χ4n) is 7.74. The fourth-order valence-corrected chi connectivity index (χ4v) is 7.74. The van der Waals surface area contributed by atoms with E-state index < -0.39 is 0 Å². The number of aromatic nitrogens is 1. The summed E-state index contributed by atoms with van der Waals surface area (Å²) in [6, 6.07) is 19.8. The number of hydrogen-bond donors (Lipinski definition) is 0. The maximum absolute atomic E-state index is 10.2. The molecule has 2 aliphatic carbocycles. The van der Waals surface area contributed by atoms with E-state index in [1.165, 1.54) is 54.7 Å². The zero-order chi connectivity index (χ0) is 24.4. The van der Waals surface area contributed by atoms with Crippen molar-refractivity contribution < 1.29 is 4.42 Å². The number of nitriles is 2. The standard InChI is InChI=1S/C33H21N3O/c34-15-17-12-25-29(21-10-5-9-20(17)21)24-14-28-31(23-8-3-4-11-27(23)37-28)32-30-22-7-2-1-6-19(22)18(16-35)13-26(30)36(25)33(24)32/h3-4,8,11-14H,1-2,5-7,9-10H2. The number of hydrogen-bond acceptors (Lipinski definition) is 3. The topological polar surface area (TPSA) is 65.1 Å². The number of benzene rings is 4. The smallest absolute Gasteiger partial charge is 0.136 e. The van der Waals surface area contributed by atoms with E-state index in [9.17, 15) is 10.5 Å². The van der Waals surface area contributed by atoms with Gasteiger partial charge in [-0.3, -0.25) is 0 Å². The van der Waals surface area contributed by atoms with Gasteiger partial charge in [0.05, 0.1) is 39.8 Å². The van der Waals surface area contributed by atoms with Crippen LogP contribution in [0.5, 0.6) is 0 Å². The molecule has 0 aliphatic heterocycles. The second-order valence-electron chi connectivity index (χ2n) is 10.8. The van der Waals surface area contributed by atoms with Crippen molar-refractivity contribution in [2.24, 2.45) is 0 Å². The summed E-state index contributed by atoms with van der Waals surface area (Å²) < 4.78 is 8.87. The summed E-state index contributed by atoms with van der Waals surface area (Å²) >= 11 is 0. The Morgan fingerprint density at radius 3 is 2.05 bits per heavy atom. The molecule has 37 heavy (non-hydrogen) atoms. The van der Waals surface area contributed by atoms with Crippen LogP contribution >= 0.6 is 0 Å². The minimum Gasteiger partial charge on any atom is -0.456 e. The lowest BCUT2D eigenvalue weighted by atomic mass is 9.85. The van der Waals surface area contributed by atoms with Crippen LogP contribution in [-0.4, -0.2) is 4.40 Å². The highest BCUT2D eigenvalue weighted by Gasteiger charge is 2.30. The minimum absolute atomic E-state index is 0.793. The first-order valence-electron chi connectivity index (χ1n) is 13.2. The van der Waals surface area contributed by atoms with Gasteiger partial charge >= 0.3 is 0 Å². The van der Waals surface area contributed by atoms with Crippen LogP contribution < -0.4 is 0 Å². The molecule has 2 aliphatic rings. The Labute approximate surface area is 212 Å². The van der Waals surface area contributed by atoms with Gasteiger partial charge in [0.25, 0.3) is 0 Å². The molecular formula is C33H21N3O. The second kappa shape index (κ2) is 6.61. The van der Waals surface area contributed by atoms with Crippen molar-refractivity contribution in [3.05, 3.63) is 75.8 Å². The number of para-hydroxylation sites is 1. The minimum atomic E-state index is 0.793. The highest BCUT2D eigenvalue weighted by Crippen LogP contribution is 2.50. The zero-order valence-electron chi connectivity index (χ0n) is 20.2. The summed E-state index contributed by atoms with van der Waals surface area (Å²) in [7, 11) is 0. The first-order valence-corrected chi connectivity index (χ1v) is 13.2. The Bertz CT molecular complexity index is 2250. The lowest BCUT2D eigenvalue weighted by Gasteiger charge is -2.19. The lowest BCUT2D eigenvalue weighted by Crippen LogP contribution is -2.06. The summed E-state index contributed by atoms with van der Waals surface area (Å²) in [6.07, 6.45) is 7.25. The molecule has 4 aromatic carbocycles. The third-order valence-electron chi connectivity index (χ3n) is 9.12. The molecule has 4 nitrogen and oxygen atoms in total. The zero-order valence-corrected chi connectivity index (χ0v) is 20.2. The van der Waals surface area contributed by atoms with Crippen LogP contribution in [0.15, 0.2) is 46.9 Å². The molecule has 3 aromatic heterocycles. The third-order valence-corrected chi connectivity index (χ3v) is 9.12. The molecule has 0 spiro atoms. The molecule has 0 N–H and O–H groups in total. The molecule has 0 bridgehead atoms. The van der Waals surface area contributed by atoms with Gasteiger partial charge < -0.3 is 8.82 Å². The van der Waals surface area contributed by atoms with Gasteiger partial charge in [0.1, 0.15) is 11.2 Å². The van der Waals surface area contributed by atoms with Crippen molar-refractivity contribution in [3.63, 3.8) is 0 Å². The monoisotopic (exact) mass is 475 g/mol. The fraction of sp³-hybridized carbons (Fsp3) is 0.212. The van der Waals surface area contributed by atoms with Crippen LogP contribution in [0.25, 0.3) is 60.0 Å². The van der Waals surface area contributed by atoms with Crippen LogP contribution in [0.3, 0.4) is 0 Å². The molecule has 0 saturated carbocycles. The highest BCUT2D eigenvalue weighted by atomic mass is 16.3. The van der Waals surface area contributed by atoms with Crippen molar-refractivity contribution in [3.8, 4) is 12.1 Å². The van der Waals surface area contributed by atoms with Gasteiger partial charge in [0.2, 0.25) is 0 Å². The summed E-state index contributed by atoms with van der Waals surface area (Å²) in [4.78, 5) is 0. The normalized spacial score (nSPS) is 15.3. The van der Waals surface area contributed by atoms with E-state index >= 15 is 0 Å². The van der Waals surface area contributed by atoms with E-state index in [1.54, 1.807) is 0 Å². The molecule has 0 radical (unpaired) electrons. The lowest BCUT2D eigenvalue weighted by molar-refractivity contribution is 0.669. The van der Waals surface area contributed by atoms with E-state index in [-0.39, 0.29) is 0 Å². The SMILES string of the molecule is N#Cc1cc2c(c3c1CCC3)c1cc3oc4ccccc4c3c3c4c5c(c(C#N)cc4n2c13)CCCC5. The molecule has 0 fully saturated rings. The molecule has 0 atom stereocenters. The number of furan rings is 1. The third kappa shape index (κ3) is 2.20. The van der Waals surface area contributed by atoms with Crippen molar-refractivity contribution in [1.82, 2.24) is 4.40 Å². The summed E-state index contributed by atoms with van der Waals surface area (Å²) in [5, 5.41) is 27.5. The van der Waals surface area contributed by atoms with Gasteiger partial charge in [0.15, 0.2) is 0 Å². The Morgan fingerprint density at radius 1 is 0.622 bits per heavy atom. The Balaban J connectivity index is 1.67. The summed E-state index contributed by atoms with van der Waals surface area (Å²) in [6.45, 7) is 0. The van der Waals surface area contributed by atoms with E-state index in [4.69, 9.17) is 4.42 Å². The van der Waals surface area contributed by atoms with Gasteiger partial charge in [-0.25, -0.2) is 0 Å². The van der Waals surface area contributed by atoms with Crippen LogP contribution in [-0.2, 0) is 25.7 Å². The number of rotatable bonds is 0. The Kier molecular flexibility index (Phi) is 3.51. The van der Waals surface area contributed by atoms with E-state index in [1.807, 2.05) is 6.07 Å². The van der Waals surface area contributed by atoms with Gasteiger partial charge in [-0.15, -0.1) is 0 Å². The molecule has 9 rings (SSSR count). The number of nitrogens with zero attached hydrogens (tertiary/aromatic N) is 3. The van der Waals surface area contributed by atoms with Crippen LogP contribution in [0.2, 0.25) is 0 Å². The average molecular weight is 476 g/mol. The molecule has 0 amide bonds. The van der Waals surface area contributed by atoms with E-state index in [0.29, 0.717) is 0 Å². The number of aryl methyl sites for hydroxylation is 2. The van der Waals surface area contributed by atoms with Crippen LogP contribution in [0.1, 0.15) is 52.6 Å². The van der Waals surface area contributed by atoms with E-state index in [0.717, 1.165) is 83.7 Å². The van der Waals surface area contributed by atoms with Gasteiger partial charge in [-0.05, 0) is 91.5 Å². The molecule has 4 heteroatoms. The first-order chi connectivity index (χ1) is 18.3. The quantitative estimate of drug-likeness (QED) is 0.224. The molecule has 0 saturated heterocycles. The van der Waals surface area contributed by atoms with Crippen LogP contribution in [0.4, 0.5) is 0 Å². The Morgan fingerprint density at radius 2 is 1.27 bits per heavy atom. The van der Waals surface area contributed by atoms with Crippen molar-refractivity contribution >= 4 is 60.0 Å². The van der Waals surface area contributed by atoms with Gasteiger partial charge in [0, 0.05) is 32.3 Å². The Hall–Kier alpha value is -4.54. The summed E-state index contributed by atoms with van der Waals surface area (Å²) in [5.74, 6) is 0. The average Bonchev–Trinajstić information content (AvgIpc) is 3.70. The van der Waals surface area contributed by atoms with E-state index in [2.05, 4.69) is 52.9 Å². The number of fused-ring (bicyclic) bond motifs is 14. The molecular weight excluding hydrogens is 454 g/mol. The van der Waals surface area contributed by atoms with Crippen molar-refractivity contribution in [1.29, 1.82) is 10.5 Å².